The molecule has 3 rings (SSSR count). The lowest BCUT2D eigenvalue weighted by atomic mass is 9.94. The Morgan fingerprint density at radius 3 is 2.68 bits per heavy atom. The van der Waals surface area contributed by atoms with Crippen molar-refractivity contribution in [3.05, 3.63) is 59.3 Å². The van der Waals surface area contributed by atoms with E-state index in [1.54, 1.807) is 0 Å². The first-order valence-corrected chi connectivity index (χ1v) is 6.75. The Hall–Kier alpha value is -1.87. The second-order valence-electron chi connectivity index (χ2n) is 5.13. The van der Waals surface area contributed by atoms with Crippen LogP contribution in [0.3, 0.4) is 0 Å². The number of nitrogens with zero attached hydrogens (tertiary/aromatic N) is 2. The van der Waals surface area contributed by atoms with E-state index in [-0.39, 0.29) is 0 Å². The molecule has 1 aromatic heterocycles. The SMILES string of the molecule is Cc1cccc(N2Cc3ccccc3CC2CN)n1. The second-order valence-corrected chi connectivity index (χ2v) is 5.13. The lowest BCUT2D eigenvalue weighted by Crippen LogP contribution is -2.45. The Kier molecular flexibility index (Phi) is 3.22. The van der Waals surface area contributed by atoms with E-state index >= 15 is 0 Å². The minimum atomic E-state index is 0.337. The summed E-state index contributed by atoms with van der Waals surface area (Å²) in [6.45, 7) is 3.58. The molecule has 0 bridgehead atoms. The molecule has 2 N–H and O–H groups in total. The van der Waals surface area contributed by atoms with Crippen LogP contribution >= 0.6 is 0 Å². The molecule has 1 atom stereocenters. The fraction of sp³-hybridized carbons (Fsp3) is 0.312. The van der Waals surface area contributed by atoms with E-state index in [2.05, 4.69) is 46.3 Å². The van der Waals surface area contributed by atoms with E-state index in [0.29, 0.717) is 12.6 Å². The van der Waals surface area contributed by atoms with Crippen LogP contribution in [0.1, 0.15) is 16.8 Å². The number of pyridine rings is 1. The summed E-state index contributed by atoms with van der Waals surface area (Å²) in [5, 5.41) is 0. The first-order valence-electron chi connectivity index (χ1n) is 6.75. The highest BCUT2D eigenvalue weighted by atomic mass is 15.2. The number of anilines is 1. The average Bonchev–Trinajstić information content (AvgIpc) is 2.46. The maximum absolute atomic E-state index is 5.96. The molecule has 1 unspecified atom stereocenters. The van der Waals surface area contributed by atoms with Gasteiger partial charge in [-0.25, -0.2) is 4.98 Å². The lowest BCUT2D eigenvalue weighted by Gasteiger charge is -2.37. The maximum Gasteiger partial charge on any atom is 0.129 e. The molecule has 0 spiro atoms. The monoisotopic (exact) mass is 253 g/mol. The van der Waals surface area contributed by atoms with Crippen LogP contribution in [-0.4, -0.2) is 17.6 Å². The lowest BCUT2D eigenvalue weighted by molar-refractivity contribution is 0.555. The standard InChI is InChI=1S/C16H19N3/c1-12-5-4-8-16(18-12)19-11-14-7-3-2-6-13(14)9-15(19)10-17/h2-8,15H,9-11,17H2,1H3. The average molecular weight is 253 g/mol. The predicted molar refractivity (Wildman–Crippen MR) is 78.1 cm³/mol. The van der Waals surface area contributed by atoms with Crippen LogP contribution in [0.2, 0.25) is 0 Å². The van der Waals surface area contributed by atoms with Gasteiger partial charge in [-0.1, -0.05) is 30.3 Å². The number of benzene rings is 1. The molecule has 3 heteroatoms. The Bertz CT molecular complexity index is 580. The van der Waals surface area contributed by atoms with Gasteiger partial charge in [-0.15, -0.1) is 0 Å². The Labute approximate surface area is 114 Å². The number of hydrogen-bond acceptors (Lipinski definition) is 3. The van der Waals surface area contributed by atoms with Crippen LogP contribution in [0.5, 0.6) is 0 Å². The van der Waals surface area contributed by atoms with Crippen molar-refractivity contribution < 1.29 is 0 Å². The van der Waals surface area contributed by atoms with Gasteiger partial charge in [-0.05, 0) is 36.6 Å². The van der Waals surface area contributed by atoms with E-state index in [0.717, 1.165) is 24.5 Å². The van der Waals surface area contributed by atoms with Crippen LogP contribution < -0.4 is 10.6 Å². The topological polar surface area (TPSA) is 42.1 Å². The summed E-state index contributed by atoms with van der Waals surface area (Å²) in [6.07, 6.45) is 1.00. The van der Waals surface area contributed by atoms with Crippen molar-refractivity contribution in [1.29, 1.82) is 0 Å². The highest BCUT2D eigenvalue weighted by Gasteiger charge is 2.25. The predicted octanol–water partition coefficient (Wildman–Crippen LogP) is 2.28. The third kappa shape index (κ3) is 2.34. The number of hydrogen-bond donors (Lipinski definition) is 1. The van der Waals surface area contributed by atoms with Crippen molar-refractivity contribution in [3.63, 3.8) is 0 Å². The molecule has 1 aliphatic heterocycles. The minimum absolute atomic E-state index is 0.337. The van der Waals surface area contributed by atoms with E-state index < -0.39 is 0 Å². The largest absolute Gasteiger partial charge is 0.348 e. The van der Waals surface area contributed by atoms with Gasteiger partial charge in [-0.3, -0.25) is 0 Å². The minimum Gasteiger partial charge on any atom is -0.348 e. The zero-order chi connectivity index (χ0) is 13.2. The normalized spacial score (nSPS) is 18.2. The van der Waals surface area contributed by atoms with Crippen molar-refractivity contribution in [2.75, 3.05) is 11.4 Å². The molecule has 19 heavy (non-hydrogen) atoms. The molecule has 2 aromatic rings. The van der Waals surface area contributed by atoms with Gasteiger partial charge in [0.05, 0.1) is 0 Å². The molecule has 0 aliphatic carbocycles. The summed E-state index contributed by atoms with van der Waals surface area (Å²) in [5.41, 5.74) is 9.81. The zero-order valence-corrected chi connectivity index (χ0v) is 11.2. The van der Waals surface area contributed by atoms with Crippen LogP contribution in [0.25, 0.3) is 0 Å². The highest BCUT2D eigenvalue weighted by Crippen LogP contribution is 2.26. The molecule has 0 amide bonds. The van der Waals surface area contributed by atoms with Crippen molar-refractivity contribution in [3.8, 4) is 0 Å². The molecule has 0 saturated heterocycles. The van der Waals surface area contributed by atoms with Crippen molar-refractivity contribution in [2.24, 2.45) is 5.73 Å². The molecule has 0 radical (unpaired) electrons. The molecular formula is C16H19N3. The third-order valence-electron chi connectivity index (χ3n) is 3.80. The van der Waals surface area contributed by atoms with Crippen LogP contribution in [-0.2, 0) is 13.0 Å². The molecular weight excluding hydrogens is 234 g/mol. The number of rotatable bonds is 2. The van der Waals surface area contributed by atoms with Gasteiger partial charge in [0.15, 0.2) is 0 Å². The number of aryl methyl sites for hydroxylation is 1. The van der Waals surface area contributed by atoms with Gasteiger partial charge in [0.25, 0.3) is 0 Å². The van der Waals surface area contributed by atoms with Crippen molar-refractivity contribution in [1.82, 2.24) is 4.98 Å². The van der Waals surface area contributed by atoms with E-state index in [1.807, 2.05) is 13.0 Å². The fourth-order valence-electron chi connectivity index (χ4n) is 2.75. The van der Waals surface area contributed by atoms with Gasteiger partial charge in [-0.2, -0.15) is 0 Å². The Morgan fingerprint density at radius 1 is 1.16 bits per heavy atom. The quantitative estimate of drug-likeness (QED) is 0.893. The van der Waals surface area contributed by atoms with Crippen molar-refractivity contribution in [2.45, 2.75) is 25.9 Å². The van der Waals surface area contributed by atoms with Gasteiger partial charge in [0, 0.05) is 24.8 Å². The van der Waals surface area contributed by atoms with Gasteiger partial charge < -0.3 is 10.6 Å². The molecule has 1 aliphatic rings. The van der Waals surface area contributed by atoms with Crippen molar-refractivity contribution >= 4 is 5.82 Å². The number of fused-ring (bicyclic) bond motifs is 1. The number of nitrogens with two attached hydrogens (primary N) is 1. The maximum atomic E-state index is 5.96. The third-order valence-corrected chi connectivity index (χ3v) is 3.80. The molecule has 98 valence electrons. The van der Waals surface area contributed by atoms with Crippen LogP contribution in [0.15, 0.2) is 42.5 Å². The smallest absolute Gasteiger partial charge is 0.129 e. The summed E-state index contributed by atoms with van der Waals surface area (Å²) >= 11 is 0. The molecule has 2 heterocycles. The summed E-state index contributed by atoms with van der Waals surface area (Å²) in [5.74, 6) is 1.03. The summed E-state index contributed by atoms with van der Waals surface area (Å²) < 4.78 is 0. The molecule has 0 fully saturated rings. The van der Waals surface area contributed by atoms with Gasteiger partial charge in [0.1, 0.15) is 5.82 Å². The fourth-order valence-corrected chi connectivity index (χ4v) is 2.75. The number of aromatic nitrogens is 1. The summed E-state index contributed by atoms with van der Waals surface area (Å²) in [4.78, 5) is 6.97. The van der Waals surface area contributed by atoms with Gasteiger partial charge in [0.2, 0.25) is 0 Å². The first kappa shape index (κ1) is 12.2. The Morgan fingerprint density at radius 2 is 1.95 bits per heavy atom. The van der Waals surface area contributed by atoms with E-state index in [1.165, 1.54) is 11.1 Å². The Balaban J connectivity index is 1.97. The zero-order valence-electron chi connectivity index (χ0n) is 11.2. The van der Waals surface area contributed by atoms with E-state index in [9.17, 15) is 0 Å². The molecule has 0 saturated carbocycles. The summed E-state index contributed by atoms with van der Waals surface area (Å²) in [6, 6.07) is 15.1. The van der Waals surface area contributed by atoms with Crippen LogP contribution in [0.4, 0.5) is 5.82 Å². The van der Waals surface area contributed by atoms with E-state index in [4.69, 9.17) is 5.73 Å². The van der Waals surface area contributed by atoms with Crippen LogP contribution in [0, 0.1) is 6.92 Å². The molecule has 3 nitrogen and oxygen atoms in total. The van der Waals surface area contributed by atoms with Gasteiger partial charge >= 0.3 is 0 Å². The first-order chi connectivity index (χ1) is 9.28. The second kappa shape index (κ2) is 5.02. The highest BCUT2D eigenvalue weighted by molar-refractivity contribution is 5.46. The molecule has 1 aromatic carbocycles. The summed E-state index contributed by atoms with van der Waals surface area (Å²) in [7, 11) is 0.